The van der Waals surface area contributed by atoms with Gasteiger partial charge in [-0.3, -0.25) is 14.3 Å². The summed E-state index contributed by atoms with van der Waals surface area (Å²) in [7, 11) is 0. The van der Waals surface area contributed by atoms with E-state index >= 15 is 0 Å². The first-order chi connectivity index (χ1) is 10.1. The fourth-order valence-corrected chi connectivity index (χ4v) is 2.32. The predicted octanol–water partition coefficient (Wildman–Crippen LogP) is -0.340. The molecule has 1 unspecified atom stereocenters. The van der Waals surface area contributed by atoms with Gasteiger partial charge in [0.25, 0.3) is 5.56 Å². The third-order valence-electron chi connectivity index (χ3n) is 3.29. The van der Waals surface area contributed by atoms with Crippen molar-refractivity contribution < 1.29 is 9.84 Å². The number of H-pyrrole nitrogens is 1. The molecule has 1 aliphatic rings. The third kappa shape index (κ3) is 2.29. The molecule has 3 rings (SSSR count). The number of nitrogens with two attached hydrogens (primary N) is 1. The fraction of sp³-hybridized carbons (Fsp3) is 0.500. The maximum absolute atomic E-state index is 11.7. The van der Waals surface area contributed by atoms with E-state index in [9.17, 15) is 9.90 Å². The van der Waals surface area contributed by atoms with Crippen molar-refractivity contribution in [2.24, 2.45) is 5.11 Å². The van der Waals surface area contributed by atoms with Crippen LogP contribution in [0.25, 0.3) is 21.6 Å². The summed E-state index contributed by atoms with van der Waals surface area (Å²) in [4.78, 5) is 24.7. The predicted molar refractivity (Wildman–Crippen MR) is 71.1 cm³/mol. The summed E-state index contributed by atoms with van der Waals surface area (Å²) in [5.41, 5.74) is 13.8. The number of imidazole rings is 1. The maximum Gasteiger partial charge on any atom is 0.280 e. The van der Waals surface area contributed by atoms with Crippen LogP contribution < -0.4 is 11.3 Å². The first kappa shape index (κ1) is 13.4. The number of nitrogens with zero attached hydrogens (tertiary/aromatic N) is 6. The number of rotatable bonds is 3. The summed E-state index contributed by atoms with van der Waals surface area (Å²) in [6.45, 7) is 0.0247. The highest BCUT2D eigenvalue weighted by Crippen LogP contribution is 2.30. The van der Waals surface area contributed by atoms with Crippen LogP contribution in [0.5, 0.6) is 0 Å². The molecule has 0 amide bonds. The molecule has 0 bridgehead atoms. The minimum Gasteiger partial charge on any atom is -0.390 e. The lowest BCUT2D eigenvalue weighted by molar-refractivity contribution is -0.0114. The van der Waals surface area contributed by atoms with Gasteiger partial charge in [-0.2, -0.15) is 4.98 Å². The number of aliphatic hydroxyl groups is 1. The summed E-state index contributed by atoms with van der Waals surface area (Å²) in [6.07, 6.45) is -0.275. The molecule has 110 valence electrons. The van der Waals surface area contributed by atoms with Crippen molar-refractivity contribution in [2.45, 2.75) is 24.9 Å². The smallest absolute Gasteiger partial charge is 0.280 e. The van der Waals surface area contributed by atoms with Crippen LogP contribution in [0.4, 0.5) is 5.95 Å². The second-order valence-corrected chi connectivity index (χ2v) is 4.62. The summed E-state index contributed by atoms with van der Waals surface area (Å²) >= 11 is 0. The van der Waals surface area contributed by atoms with Crippen molar-refractivity contribution in [1.82, 2.24) is 19.5 Å². The lowest BCUT2D eigenvalue weighted by Gasteiger charge is -2.13. The van der Waals surface area contributed by atoms with Crippen molar-refractivity contribution in [3.05, 3.63) is 27.1 Å². The molecule has 11 nitrogen and oxygen atoms in total. The van der Waals surface area contributed by atoms with Gasteiger partial charge >= 0.3 is 0 Å². The number of hydrogen-bond donors (Lipinski definition) is 3. The number of anilines is 1. The second-order valence-electron chi connectivity index (χ2n) is 4.62. The van der Waals surface area contributed by atoms with E-state index in [1.54, 1.807) is 0 Å². The fourth-order valence-electron chi connectivity index (χ4n) is 2.32. The Morgan fingerprint density at radius 1 is 1.71 bits per heavy atom. The van der Waals surface area contributed by atoms with E-state index in [-0.39, 0.29) is 30.1 Å². The molecule has 0 aliphatic carbocycles. The van der Waals surface area contributed by atoms with Crippen LogP contribution in [0.15, 0.2) is 16.2 Å². The summed E-state index contributed by atoms with van der Waals surface area (Å²) < 4.78 is 7.15. The third-order valence-corrected chi connectivity index (χ3v) is 3.29. The minimum absolute atomic E-state index is 0.0247. The Morgan fingerprint density at radius 2 is 2.52 bits per heavy atom. The molecule has 0 saturated carbocycles. The molecule has 2 aromatic heterocycles. The van der Waals surface area contributed by atoms with Crippen molar-refractivity contribution in [3.63, 3.8) is 0 Å². The van der Waals surface area contributed by atoms with E-state index in [1.807, 2.05) is 0 Å². The van der Waals surface area contributed by atoms with Gasteiger partial charge in [-0.1, -0.05) is 5.11 Å². The minimum atomic E-state index is -0.780. The molecule has 1 saturated heterocycles. The van der Waals surface area contributed by atoms with Crippen LogP contribution in [0, 0.1) is 0 Å². The molecule has 3 heterocycles. The molecular formula is C10H12N8O3. The lowest BCUT2D eigenvalue weighted by Crippen LogP contribution is -2.23. The van der Waals surface area contributed by atoms with E-state index in [2.05, 4.69) is 25.0 Å². The van der Waals surface area contributed by atoms with Gasteiger partial charge in [0.05, 0.1) is 25.1 Å². The Balaban J connectivity index is 1.95. The first-order valence-electron chi connectivity index (χ1n) is 6.17. The lowest BCUT2D eigenvalue weighted by atomic mass is 10.2. The van der Waals surface area contributed by atoms with Crippen molar-refractivity contribution in [1.29, 1.82) is 0 Å². The first-order valence-corrected chi connectivity index (χ1v) is 6.17. The number of aromatic nitrogens is 4. The van der Waals surface area contributed by atoms with Gasteiger partial charge in [0.15, 0.2) is 11.2 Å². The standard InChI is InChI=1S/C10H12N8O3/c11-10-15-8-7(9(20)16-10)13-3-18(8)6-1-4(19)5(21-6)2-14-17-12/h3-6,19H,1-2H2,(H3,11,15,16,20)/t4?,5-,6-/m1/s1. The Labute approximate surface area is 117 Å². The number of fused-ring (bicyclic) bond motifs is 1. The number of nitrogens with one attached hydrogen (secondary N) is 1. The number of nitrogen functional groups attached to an aromatic ring is 1. The van der Waals surface area contributed by atoms with Crippen LogP contribution in [0.3, 0.4) is 0 Å². The molecule has 0 aromatic carbocycles. The molecule has 4 N–H and O–H groups in total. The highest BCUT2D eigenvalue weighted by molar-refractivity contribution is 5.70. The average Bonchev–Trinajstić information content (AvgIpc) is 3.00. The zero-order valence-electron chi connectivity index (χ0n) is 10.7. The summed E-state index contributed by atoms with van der Waals surface area (Å²) in [6, 6.07) is 0. The summed E-state index contributed by atoms with van der Waals surface area (Å²) in [5.74, 6) is -0.0292. The van der Waals surface area contributed by atoms with Crippen LogP contribution in [-0.2, 0) is 4.74 Å². The monoisotopic (exact) mass is 292 g/mol. The molecule has 0 radical (unpaired) electrons. The number of ether oxygens (including phenoxy) is 1. The van der Waals surface area contributed by atoms with Crippen LogP contribution >= 0.6 is 0 Å². The highest BCUT2D eigenvalue weighted by Gasteiger charge is 2.35. The van der Waals surface area contributed by atoms with E-state index < -0.39 is 24.0 Å². The topological polar surface area (TPSA) is 168 Å². The molecular weight excluding hydrogens is 280 g/mol. The number of hydrogen-bond acceptors (Lipinski definition) is 7. The van der Waals surface area contributed by atoms with E-state index in [0.717, 1.165) is 0 Å². The van der Waals surface area contributed by atoms with Crippen LogP contribution in [0.2, 0.25) is 0 Å². The zero-order valence-corrected chi connectivity index (χ0v) is 10.7. The molecule has 3 atom stereocenters. The van der Waals surface area contributed by atoms with Gasteiger partial charge in [-0.05, 0) is 5.53 Å². The number of aromatic amines is 1. The molecule has 0 spiro atoms. The molecule has 11 heteroatoms. The highest BCUT2D eigenvalue weighted by atomic mass is 16.5. The van der Waals surface area contributed by atoms with E-state index in [4.69, 9.17) is 16.0 Å². The van der Waals surface area contributed by atoms with Crippen LogP contribution in [-0.4, -0.2) is 43.4 Å². The van der Waals surface area contributed by atoms with E-state index in [1.165, 1.54) is 10.9 Å². The number of azide groups is 1. The van der Waals surface area contributed by atoms with Gasteiger partial charge in [0.1, 0.15) is 6.23 Å². The zero-order chi connectivity index (χ0) is 15.0. The Kier molecular flexibility index (Phi) is 3.22. The van der Waals surface area contributed by atoms with Crippen molar-refractivity contribution in [2.75, 3.05) is 12.3 Å². The van der Waals surface area contributed by atoms with Gasteiger partial charge in [-0.25, -0.2) is 4.98 Å². The van der Waals surface area contributed by atoms with Gasteiger partial charge < -0.3 is 15.6 Å². The Hall–Kier alpha value is -2.62. The second kappa shape index (κ2) is 5.05. The van der Waals surface area contributed by atoms with Gasteiger partial charge in [0, 0.05) is 11.3 Å². The quantitative estimate of drug-likeness (QED) is 0.397. The SMILES string of the molecule is [N-]=[N+]=NC[C@H]1O[C@@H](n2cnc3c(=O)[nH]c(N)nc32)CC1O. The van der Waals surface area contributed by atoms with Gasteiger partial charge in [0.2, 0.25) is 5.95 Å². The molecule has 21 heavy (non-hydrogen) atoms. The largest absolute Gasteiger partial charge is 0.390 e. The Morgan fingerprint density at radius 3 is 3.29 bits per heavy atom. The molecule has 1 aliphatic heterocycles. The molecule has 2 aromatic rings. The normalized spacial score (nSPS) is 25.1. The number of aliphatic hydroxyl groups excluding tert-OH is 1. The van der Waals surface area contributed by atoms with Gasteiger partial charge in [-0.15, -0.1) is 0 Å². The average molecular weight is 292 g/mol. The summed E-state index contributed by atoms with van der Waals surface area (Å²) in [5, 5.41) is 13.3. The Bertz CT molecular complexity index is 776. The van der Waals surface area contributed by atoms with E-state index in [0.29, 0.717) is 0 Å². The molecule has 1 fully saturated rings. The van der Waals surface area contributed by atoms with Crippen LogP contribution in [0.1, 0.15) is 12.6 Å². The van der Waals surface area contributed by atoms with Crippen molar-refractivity contribution >= 4 is 17.1 Å². The van der Waals surface area contributed by atoms with Crippen molar-refractivity contribution in [3.8, 4) is 0 Å². The maximum atomic E-state index is 11.7.